The van der Waals surface area contributed by atoms with Gasteiger partial charge in [0.1, 0.15) is 5.82 Å². The van der Waals surface area contributed by atoms with Crippen LogP contribution in [0.4, 0.5) is 5.82 Å². The minimum atomic E-state index is -0.718. The van der Waals surface area contributed by atoms with Crippen LogP contribution in [0, 0.1) is 5.92 Å². The zero-order valence-electron chi connectivity index (χ0n) is 18.6. The fourth-order valence-electron chi connectivity index (χ4n) is 4.93. The Morgan fingerprint density at radius 2 is 1.89 bits per heavy atom. The maximum atomic E-state index is 11.4. The smallest absolute Gasteiger partial charge is 0.306 e. The summed E-state index contributed by atoms with van der Waals surface area (Å²) in [6.07, 6.45) is 8.18. The molecular weight excluding hydrogens is 510 g/mol. The van der Waals surface area contributed by atoms with E-state index >= 15 is 0 Å². The molecule has 176 valence electrons. The van der Waals surface area contributed by atoms with Gasteiger partial charge in [0.25, 0.3) is 0 Å². The predicted octanol–water partition coefficient (Wildman–Crippen LogP) is 5.04. The number of aliphatic carboxylic acids is 1. The van der Waals surface area contributed by atoms with E-state index in [9.17, 15) is 9.90 Å². The van der Waals surface area contributed by atoms with Gasteiger partial charge in [0.05, 0.1) is 39.7 Å². The summed E-state index contributed by atoms with van der Waals surface area (Å²) >= 11 is 3.61. The summed E-state index contributed by atoms with van der Waals surface area (Å²) in [5.74, 6) is -0.373. The van der Waals surface area contributed by atoms with Crippen molar-refractivity contribution in [1.82, 2.24) is 29.8 Å². The van der Waals surface area contributed by atoms with Crippen LogP contribution in [-0.4, -0.2) is 40.9 Å². The van der Waals surface area contributed by atoms with Crippen molar-refractivity contribution in [2.45, 2.75) is 31.6 Å². The highest BCUT2D eigenvalue weighted by molar-refractivity contribution is 9.10. The Morgan fingerprint density at radius 3 is 2.63 bits per heavy atom. The maximum absolute atomic E-state index is 11.4. The average Bonchev–Trinajstić information content (AvgIpc) is 3.53. The van der Waals surface area contributed by atoms with Crippen molar-refractivity contribution in [1.29, 1.82) is 0 Å². The third-order valence-corrected chi connectivity index (χ3v) is 7.73. The normalized spacial score (nSPS) is 18.3. The molecule has 1 aliphatic rings. The van der Waals surface area contributed by atoms with Crippen LogP contribution in [-0.2, 0) is 4.79 Å². The second-order valence-corrected chi connectivity index (χ2v) is 9.77. The van der Waals surface area contributed by atoms with E-state index in [0.29, 0.717) is 24.3 Å². The van der Waals surface area contributed by atoms with Gasteiger partial charge in [-0.1, -0.05) is 12.1 Å². The van der Waals surface area contributed by atoms with Crippen LogP contribution in [0.25, 0.3) is 38.9 Å². The summed E-state index contributed by atoms with van der Waals surface area (Å²) in [5.41, 5.74) is 12.5. The monoisotopic (exact) mass is 531 g/mol. The fraction of sp³-hybridized carbons (Fsp3) is 0.240. The van der Waals surface area contributed by atoms with Crippen LogP contribution in [0.2, 0.25) is 0 Å². The molecule has 5 aromatic rings. The molecule has 0 radical (unpaired) electrons. The number of nitrogens with zero attached hydrogens (tertiary/aromatic N) is 5. The molecule has 0 bridgehead atoms. The lowest BCUT2D eigenvalue weighted by Gasteiger charge is -2.26. The molecule has 1 saturated carbocycles. The lowest BCUT2D eigenvalue weighted by atomic mass is 9.80. The van der Waals surface area contributed by atoms with Crippen molar-refractivity contribution < 1.29 is 9.90 Å². The molecule has 6 rings (SSSR count). The molecule has 4 N–H and O–H groups in total. The van der Waals surface area contributed by atoms with Gasteiger partial charge in [0, 0.05) is 34.2 Å². The van der Waals surface area contributed by atoms with Gasteiger partial charge in [0.2, 0.25) is 0 Å². The van der Waals surface area contributed by atoms with Gasteiger partial charge in [-0.15, -0.1) is 0 Å². The highest BCUT2D eigenvalue weighted by Crippen LogP contribution is 2.40. The fourth-order valence-corrected chi connectivity index (χ4v) is 5.51. The van der Waals surface area contributed by atoms with Gasteiger partial charge in [-0.2, -0.15) is 14.7 Å². The van der Waals surface area contributed by atoms with Gasteiger partial charge in [0.15, 0.2) is 5.65 Å². The van der Waals surface area contributed by atoms with Crippen LogP contribution in [0.3, 0.4) is 0 Å². The Balaban J connectivity index is 1.35. The number of nitrogens with one attached hydrogen (secondary N) is 1. The number of halogens is 1. The Kier molecular flexibility index (Phi) is 5.25. The van der Waals surface area contributed by atoms with Gasteiger partial charge in [-0.3, -0.25) is 14.9 Å². The number of rotatable bonds is 4. The summed E-state index contributed by atoms with van der Waals surface area (Å²) in [4.78, 5) is 21.0. The molecule has 1 aliphatic carbocycles. The first-order valence-electron chi connectivity index (χ1n) is 11.4. The van der Waals surface area contributed by atoms with E-state index in [0.717, 1.165) is 56.3 Å². The van der Waals surface area contributed by atoms with Crippen molar-refractivity contribution in [3.8, 4) is 22.4 Å². The summed E-state index contributed by atoms with van der Waals surface area (Å²) in [6, 6.07) is 10.1. The Bertz CT molecular complexity index is 1570. The number of anilines is 1. The Labute approximate surface area is 208 Å². The minimum Gasteiger partial charge on any atom is -0.481 e. The molecule has 0 atom stereocenters. The van der Waals surface area contributed by atoms with E-state index in [2.05, 4.69) is 42.3 Å². The van der Waals surface area contributed by atoms with Crippen molar-refractivity contribution in [2.24, 2.45) is 5.92 Å². The van der Waals surface area contributed by atoms with Crippen molar-refractivity contribution in [3.63, 3.8) is 0 Å². The minimum absolute atomic E-state index is 0.147. The quantitative estimate of drug-likeness (QED) is 0.295. The third-order valence-electron chi connectivity index (χ3n) is 6.92. The van der Waals surface area contributed by atoms with Gasteiger partial charge in [-0.05, 0) is 59.8 Å². The number of aromatic amines is 1. The molecule has 0 amide bonds. The molecule has 4 heterocycles. The first-order valence-corrected chi connectivity index (χ1v) is 12.2. The summed E-state index contributed by atoms with van der Waals surface area (Å²) in [7, 11) is 0. The van der Waals surface area contributed by atoms with E-state index in [1.54, 1.807) is 16.9 Å². The van der Waals surface area contributed by atoms with E-state index in [4.69, 9.17) is 10.7 Å². The van der Waals surface area contributed by atoms with Crippen LogP contribution in [0.15, 0.2) is 53.4 Å². The van der Waals surface area contributed by atoms with Crippen LogP contribution < -0.4 is 5.73 Å². The molecule has 4 aromatic heterocycles. The molecule has 0 aliphatic heterocycles. The molecule has 0 saturated heterocycles. The lowest BCUT2D eigenvalue weighted by Crippen LogP contribution is -2.21. The molecule has 35 heavy (non-hydrogen) atoms. The molecule has 1 aromatic carbocycles. The van der Waals surface area contributed by atoms with Gasteiger partial charge >= 0.3 is 5.97 Å². The van der Waals surface area contributed by atoms with Crippen LogP contribution in [0.1, 0.15) is 37.3 Å². The van der Waals surface area contributed by atoms with E-state index < -0.39 is 5.97 Å². The molecular formula is C25H22BrN7O2. The zero-order valence-corrected chi connectivity index (χ0v) is 20.2. The largest absolute Gasteiger partial charge is 0.481 e. The van der Waals surface area contributed by atoms with Gasteiger partial charge in [-0.25, -0.2) is 4.98 Å². The number of benzene rings is 1. The number of H-pyrrole nitrogens is 1. The second-order valence-electron chi connectivity index (χ2n) is 8.98. The third kappa shape index (κ3) is 3.74. The maximum Gasteiger partial charge on any atom is 0.306 e. The molecule has 1 fully saturated rings. The van der Waals surface area contributed by atoms with Crippen molar-refractivity contribution >= 4 is 44.3 Å². The number of carboxylic acid groups (broad SMARTS) is 1. The van der Waals surface area contributed by atoms with Crippen molar-refractivity contribution in [3.05, 3.63) is 59.1 Å². The number of hydrogen-bond donors (Lipinski definition) is 3. The van der Waals surface area contributed by atoms with Gasteiger partial charge < -0.3 is 10.8 Å². The summed E-state index contributed by atoms with van der Waals surface area (Å²) < 4.78 is 2.36. The highest BCUT2D eigenvalue weighted by Gasteiger charge is 2.30. The number of carboxylic acids is 1. The van der Waals surface area contributed by atoms with Crippen molar-refractivity contribution in [2.75, 3.05) is 5.73 Å². The Morgan fingerprint density at radius 1 is 1.09 bits per heavy atom. The SMILES string of the molecule is Nc1c(Br)c(C2CCC(C(=O)O)CC2)nc2c(-c3ccc(-c4ccc5[nH]ncc5c4)nc3)cnn12. The lowest BCUT2D eigenvalue weighted by molar-refractivity contribution is -0.142. The second kappa shape index (κ2) is 8.46. The first kappa shape index (κ1) is 21.7. The first-order chi connectivity index (χ1) is 17.0. The average molecular weight is 532 g/mol. The summed E-state index contributed by atoms with van der Waals surface area (Å²) in [6.45, 7) is 0. The van der Waals surface area contributed by atoms with Crippen LogP contribution in [0.5, 0.6) is 0 Å². The molecule has 0 unspecified atom stereocenters. The molecule has 10 heteroatoms. The topological polar surface area (TPSA) is 135 Å². The number of nitrogens with two attached hydrogens (primary N) is 1. The predicted molar refractivity (Wildman–Crippen MR) is 136 cm³/mol. The number of aromatic nitrogens is 6. The standard InChI is InChI=1S/C25H22BrN7O2/c26-21-22(13-1-3-14(4-2-13)25(34)35)31-24-18(12-30-33(24)23(21)27)16-6-7-19(28-10-16)15-5-8-20-17(9-15)11-29-32-20/h5-14H,1-4,27H2,(H,29,32)(H,34,35). The Hall–Kier alpha value is -3.79. The van der Waals surface area contributed by atoms with E-state index in [1.165, 1.54) is 0 Å². The molecule has 9 nitrogen and oxygen atoms in total. The highest BCUT2D eigenvalue weighted by atomic mass is 79.9. The number of nitrogen functional groups attached to an aromatic ring is 1. The van der Waals surface area contributed by atoms with E-state index in [-0.39, 0.29) is 11.8 Å². The molecule has 0 spiro atoms. The summed E-state index contributed by atoms with van der Waals surface area (Å²) in [5, 5.41) is 21.9. The van der Waals surface area contributed by atoms with E-state index in [1.807, 2.05) is 30.5 Å². The number of hydrogen-bond acceptors (Lipinski definition) is 6. The number of pyridine rings is 1. The number of carbonyl (C=O) groups is 1. The zero-order chi connectivity index (χ0) is 24.1. The van der Waals surface area contributed by atoms with Crippen LogP contribution >= 0.6 is 15.9 Å². The number of fused-ring (bicyclic) bond motifs is 2.